The first-order chi connectivity index (χ1) is 10.7. The SMILES string of the molecule is C#CCOc1ccc(C2CCOC(=O)CC(=O)OCC2)cc1. The summed E-state index contributed by atoms with van der Waals surface area (Å²) in [6, 6.07) is 7.60. The first kappa shape index (κ1) is 15.9. The molecule has 0 spiro atoms. The third-order valence-electron chi connectivity index (χ3n) is 3.42. The summed E-state index contributed by atoms with van der Waals surface area (Å²) in [4.78, 5) is 22.7. The lowest BCUT2D eigenvalue weighted by Gasteiger charge is -2.19. The van der Waals surface area contributed by atoms with E-state index in [1.165, 1.54) is 0 Å². The van der Waals surface area contributed by atoms with Gasteiger partial charge in [0.1, 0.15) is 18.8 Å². The van der Waals surface area contributed by atoms with Crippen LogP contribution >= 0.6 is 0 Å². The lowest BCUT2D eigenvalue weighted by molar-refractivity contribution is -0.155. The van der Waals surface area contributed by atoms with E-state index in [9.17, 15) is 9.59 Å². The van der Waals surface area contributed by atoms with Crippen LogP contribution in [0, 0.1) is 12.3 Å². The average molecular weight is 302 g/mol. The summed E-state index contributed by atoms with van der Waals surface area (Å²) < 4.78 is 15.4. The number of hydrogen-bond acceptors (Lipinski definition) is 5. The van der Waals surface area contributed by atoms with Gasteiger partial charge in [-0.25, -0.2) is 0 Å². The Kier molecular flexibility index (Phi) is 5.84. The highest BCUT2D eigenvalue weighted by Crippen LogP contribution is 2.26. The first-order valence-corrected chi connectivity index (χ1v) is 7.16. The van der Waals surface area contributed by atoms with Crippen molar-refractivity contribution in [3.05, 3.63) is 29.8 Å². The van der Waals surface area contributed by atoms with Gasteiger partial charge in [0.2, 0.25) is 0 Å². The van der Waals surface area contributed by atoms with Crippen LogP contribution in [0.1, 0.15) is 30.7 Å². The second-order valence-corrected chi connectivity index (χ2v) is 4.95. The number of terminal acetylenes is 1. The van der Waals surface area contributed by atoms with Gasteiger partial charge in [-0.15, -0.1) is 6.42 Å². The van der Waals surface area contributed by atoms with Crippen LogP contribution in [0.5, 0.6) is 5.75 Å². The van der Waals surface area contributed by atoms with E-state index in [1.807, 2.05) is 24.3 Å². The molecule has 5 heteroatoms. The van der Waals surface area contributed by atoms with E-state index in [4.69, 9.17) is 20.6 Å². The van der Waals surface area contributed by atoms with E-state index in [1.54, 1.807) is 0 Å². The van der Waals surface area contributed by atoms with E-state index in [0.717, 1.165) is 5.56 Å². The minimum absolute atomic E-state index is 0.153. The fourth-order valence-electron chi connectivity index (χ4n) is 2.29. The van der Waals surface area contributed by atoms with Crippen molar-refractivity contribution in [2.24, 2.45) is 0 Å². The summed E-state index contributed by atoms with van der Waals surface area (Å²) in [6.45, 7) is 0.826. The van der Waals surface area contributed by atoms with Crippen LogP contribution in [0.2, 0.25) is 0 Å². The second-order valence-electron chi connectivity index (χ2n) is 4.95. The molecule has 0 saturated carbocycles. The zero-order valence-corrected chi connectivity index (χ0v) is 12.2. The predicted octanol–water partition coefficient (Wildman–Crippen LogP) is 2.05. The molecule has 1 aliphatic rings. The number of benzene rings is 1. The number of hydrogen-bond donors (Lipinski definition) is 0. The van der Waals surface area contributed by atoms with Gasteiger partial charge in [-0.2, -0.15) is 0 Å². The smallest absolute Gasteiger partial charge is 0.317 e. The standard InChI is InChI=1S/C17H18O5/c1-2-9-20-15-5-3-13(4-6-15)14-7-10-21-16(18)12-17(19)22-11-8-14/h1,3-6,14H,7-12H2. The maximum atomic E-state index is 11.3. The van der Waals surface area contributed by atoms with Crippen LogP contribution in [-0.2, 0) is 19.1 Å². The van der Waals surface area contributed by atoms with Gasteiger partial charge in [-0.3, -0.25) is 9.59 Å². The number of esters is 2. The number of cyclic esters (lactones) is 2. The quantitative estimate of drug-likeness (QED) is 0.486. The summed E-state index contributed by atoms with van der Waals surface area (Å²) in [5.74, 6) is 2.20. The van der Waals surface area contributed by atoms with Crippen LogP contribution < -0.4 is 4.74 Å². The third kappa shape index (κ3) is 4.81. The van der Waals surface area contributed by atoms with Crippen molar-refractivity contribution < 1.29 is 23.8 Å². The molecular weight excluding hydrogens is 284 g/mol. The molecule has 0 aromatic heterocycles. The Morgan fingerprint density at radius 3 is 2.23 bits per heavy atom. The highest BCUT2D eigenvalue weighted by atomic mass is 16.6. The van der Waals surface area contributed by atoms with E-state index in [0.29, 0.717) is 31.8 Å². The number of carbonyl (C=O) groups excluding carboxylic acids is 2. The molecule has 0 aliphatic carbocycles. The fourth-order valence-corrected chi connectivity index (χ4v) is 2.29. The fraction of sp³-hybridized carbons (Fsp3) is 0.412. The molecule has 0 amide bonds. The van der Waals surface area contributed by atoms with E-state index >= 15 is 0 Å². The van der Waals surface area contributed by atoms with Crippen molar-refractivity contribution in [2.75, 3.05) is 19.8 Å². The van der Waals surface area contributed by atoms with E-state index in [-0.39, 0.29) is 18.9 Å². The van der Waals surface area contributed by atoms with Crippen molar-refractivity contribution in [3.63, 3.8) is 0 Å². The van der Waals surface area contributed by atoms with Gasteiger partial charge in [0, 0.05) is 0 Å². The molecule has 1 aliphatic heterocycles. The van der Waals surface area contributed by atoms with Gasteiger partial charge in [0.05, 0.1) is 13.2 Å². The van der Waals surface area contributed by atoms with Crippen LogP contribution in [0.15, 0.2) is 24.3 Å². The zero-order valence-electron chi connectivity index (χ0n) is 12.2. The maximum Gasteiger partial charge on any atom is 0.317 e. The summed E-state index contributed by atoms with van der Waals surface area (Å²) in [6.07, 6.45) is 6.21. The molecule has 0 bridgehead atoms. The molecule has 1 aromatic carbocycles. The van der Waals surface area contributed by atoms with Crippen LogP contribution in [-0.4, -0.2) is 31.8 Å². The molecule has 5 nitrogen and oxygen atoms in total. The predicted molar refractivity (Wildman–Crippen MR) is 79.3 cm³/mol. The molecule has 116 valence electrons. The second kappa shape index (κ2) is 8.08. The van der Waals surface area contributed by atoms with Crippen molar-refractivity contribution in [2.45, 2.75) is 25.2 Å². The van der Waals surface area contributed by atoms with E-state index < -0.39 is 11.9 Å². The van der Waals surface area contributed by atoms with Crippen molar-refractivity contribution in [3.8, 4) is 18.1 Å². The summed E-state index contributed by atoms with van der Waals surface area (Å²) >= 11 is 0. The molecule has 0 unspecified atom stereocenters. The van der Waals surface area contributed by atoms with Gasteiger partial charge in [0.15, 0.2) is 0 Å². The number of carbonyl (C=O) groups is 2. The Morgan fingerprint density at radius 2 is 1.68 bits per heavy atom. The van der Waals surface area contributed by atoms with Crippen LogP contribution in [0.25, 0.3) is 0 Å². The minimum Gasteiger partial charge on any atom is -0.481 e. The molecule has 0 atom stereocenters. The van der Waals surface area contributed by atoms with Gasteiger partial charge >= 0.3 is 11.9 Å². The Bertz CT molecular complexity index is 535. The van der Waals surface area contributed by atoms with E-state index in [2.05, 4.69) is 5.92 Å². The number of rotatable bonds is 3. The van der Waals surface area contributed by atoms with Gasteiger partial charge < -0.3 is 14.2 Å². The Morgan fingerprint density at radius 1 is 1.09 bits per heavy atom. The van der Waals surface area contributed by atoms with Gasteiger partial charge in [-0.05, 0) is 36.5 Å². The lowest BCUT2D eigenvalue weighted by Crippen LogP contribution is -2.19. The zero-order chi connectivity index (χ0) is 15.8. The largest absolute Gasteiger partial charge is 0.481 e. The summed E-state index contributed by atoms with van der Waals surface area (Å²) in [7, 11) is 0. The number of ether oxygens (including phenoxy) is 3. The van der Waals surface area contributed by atoms with Crippen LogP contribution in [0.3, 0.4) is 0 Å². The lowest BCUT2D eigenvalue weighted by atomic mass is 9.93. The Balaban J connectivity index is 2.00. The van der Waals surface area contributed by atoms with Crippen LogP contribution in [0.4, 0.5) is 0 Å². The highest BCUT2D eigenvalue weighted by Gasteiger charge is 2.18. The first-order valence-electron chi connectivity index (χ1n) is 7.16. The summed E-state index contributed by atoms with van der Waals surface area (Å²) in [5.41, 5.74) is 1.08. The molecule has 22 heavy (non-hydrogen) atoms. The topological polar surface area (TPSA) is 61.8 Å². The molecule has 2 rings (SSSR count). The summed E-state index contributed by atoms with van der Waals surface area (Å²) in [5, 5.41) is 0. The maximum absolute atomic E-state index is 11.3. The molecule has 1 fully saturated rings. The Hall–Kier alpha value is -2.48. The van der Waals surface area contributed by atoms with Gasteiger partial charge in [-0.1, -0.05) is 18.1 Å². The van der Waals surface area contributed by atoms with Crippen molar-refractivity contribution in [1.82, 2.24) is 0 Å². The van der Waals surface area contributed by atoms with Crippen molar-refractivity contribution >= 4 is 11.9 Å². The monoisotopic (exact) mass is 302 g/mol. The molecule has 1 aromatic rings. The molecule has 0 radical (unpaired) electrons. The van der Waals surface area contributed by atoms with Gasteiger partial charge in [0.25, 0.3) is 0 Å². The Labute approximate surface area is 129 Å². The minimum atomic E-state index is -0.538. The molecule has 1 heterocycles. The highest BCUT2D eigenvalue weighted by molar-refractivity contribution is 5.91. The van der Waals surface area contributed by atoms with Crippen molar-refractivity contribution in [1.29, 1.82) is 0 Å². The molecule has 1 saturated heterocycles. The third-order valence-corrected chi connectivity index (χ3v) is 3.42. The normalized spacial score (nSPS) is 17.0. The average Bonchev–Trinajstić information content (AvgIpc) is 2.52. The molecular formula is C17H18O5. The molecule has 0 N–H and O–H groups in total.